The standard InChI is InChI=1S/C24H26N2O3/c27-22-7-4-14-26(22)17-18-8-10-21(11-9-18)24(29)25-15-12-20(13-16-25)23(28)19-5-2-1-3-6-19/h1-3,5-6,8-11,20H,4,7,12-17H2. The van der Waals surface area contributed by atoms with E-state index in [9.17, 15) is 14.4 Å². The fraction of sp³-hybridized carbons (Fsp3) is 0.375. The molecule has 0 saturated carbocycles. The number of rotatable bonds is 5. The Bertz CT molecular complexity index is 884. The minimum atomic E-state index is -0.0122. The first-order valence-corrected chi connectivity index (χ1v) is 10.4. The third-order valence-electron chi connectivity index (χ3n) is 5.96. The maximum Gasteiger partial charge on any atom is 0.253 e. The van der Waals surface area contributed by atoms with Gasteiger partial charge in [0.2, 0.25) is 5.91 Å². The second-order valence-electron chi connectivity index (χ2n) is 7.91. The summed E-state index contributed by atoms with van der Waals surface area (Å²) in [6.45, 7) is 2.63. The van der Waals surface area contributed by atoms with Crippen molar-refractivity contribution in [3.05, 3.63) is 71.3 Å². The fourth-order valence-corrected chi connectivity index (χ4v) is 4.21. The topological polar surface area (TPSA) is 57.7 Å². The average molecular weight is 390 g/mol. The zero-order chi connectivity index (χ0) is 20.2. The van der Waals surface area contributed by atoms with Crippen LogP contribution in [0.1, 0.15) is 52.0 Å². The molecule has 0 aliphatic carbocycles. The van der Waals surface area contributed by atoms with E-state index in [-0.39, 0.29) is 23.5 Å². The maximum atomic E-state index is 12.8. The quantitative estimate of drug-likeness (QED) is 0.734. The highest BCUT2D eigenvalue weighted by atomic mass is 16.2. The van der Waals surface area contributed by atoms with E-state index in [2.05, 4.69) is 0 Å². The van der Waals surface area contributed by atoms with Gasteiger partial charge < -0.3 is 9.80 Å². The molecule has 0 unspecified atom stereocenters. The van der Waals surface area contributed by atoms with Crippen LogP contribution in [0.5, 0.6) is 0 Å². The van der Waals surface area contributed by atoms with Gasteiger partial charge in [0.15, 0.2) is 5.78 Å². The van der Waals surface area contributed by atoms with Crippen LogP contribution in [-0.4, -0.2) is 47.0 Å². The van der Waals surface area contributed by atoms with Gasteiger partial charge in [0, 0.05) is 49.6 Å². The van der Waals surface area contributed by atoms with Crippen LogP contribution in [-0.2, 0) is 11.3 Å². The molecule has 2 heterocycles. The van der Waals surface area contributed by atoms with Gasteiger partial charge in [0.1, 0.15) is 0 Å². The first-order valence-electron chi connectivity index (χ1n) is 10.4. The summed E-state index contributed by atoms with van der Waals surface area (Å²) in [6.07, 6.45) is 2.97. The zero-order valence-electron chi connectivity index (χ0n) is 16.5. The lowest BCUT2D eigenvalue weighted by molar-refractivity contribution is -0.128. The molecule has 0 atom stereocenters. The maximum absolute atomic E-state index is 12.8. The molecule has 2 saturated heterocycles. The first-order chi connectivity index (χ1) is 14.1. The van der Waals surface area contributed by atoms with Gasteiger partial charge in [-0.2, -0.15) is 0 Å². The van der Waals surface area contributed by atoms with Crippen molar-refractivity contribution in [2.24, 2.45) is 5.92 Å². The van der Waals surface area contributed by atoms with Crippen molar-refractivity contribution in [3.63, 3.8) is 0 Å². The van der Waals surface area contributed by atoms with Gasteiger partial charge in [-0.1, -0.05) is 42.5 Å². The smallest absolute Gasteiger partial charge is 0.253 e. The molecular formula is C24H26N2O3. The minimum Gasteiger partial charge on any atom is -0.339 e. The summed E-state index contributed by atoms with van der Waals surface area (Å²) in [4.78, 5) is 40.9. The van der Waals surface area contributed by atoms with Crippen molar-refractivity contribution in [1.82, 2.24) is 9.80 Å². The first kappa shape index (κ1) is 19.4. The number of benzene rings is 2. The van der Waals surface area contributed by atoms with Gasteiger partial charge in [-0.05, 0) is 37.0 Å². The average Bonchev–Trinajstić information content (AvgIpc) is 3.18. The monoisotopic (exact) mass is 390 g/mol. The molecule has 0 aromatic heterocycles. The van der Waals surface area contributed by atoms with Crippen molar-refractivity contribution in [2.75, 3.05) is 19.6 Å². The number of hydrogen-bond acceptors (Lipinski definition) is 3. The summed E-state index contributed by atoms with van der Waals surface area (Å²) >= 11 is 0. The highest BCUT2D eigenvalue weighted by Crippen LogP contribution is 2.23. The summed E-state index contributed by atoms with van der Waals surface area (Å²) in [7, 11) is 0. The molecule has 0 spiro atoms. The Balaban J connectivity index is 1.32. The zero-order valence-corrected chi connectivity index (χ0v) is 16.5. The molecule has 5 nitrogen and oxygen atoms in total. The van der Waals surface area contributed by atoms with Gasteiger partial charge >= 0.3 is 0 Å². The highest BCUT2D eigenvalue weighted by molar-refractivity contribution is 5.98. The molecule has 0 radical (unpaired) electrons. The summed E-state index contributed by atoms with van der Waals surface area (Å²) in [5, 5.41) is 0. The van der Waals surface area contributed by atoms with Gasteiger partial charge in [-0.25, -0.2) is 0 Å². The van der Waals surface area contributed by atoms with Gasteiger partial charge in [0.25, 0.3) is 5.91 Å². The van der Waals surface area contributed by atoms with Gasteiger partial charge in [0.05, 0.1) is 0 Å². The highest BCUT2D eigenvalue weighted by Gasteiger charge is 2.28. The Morgan fingerprint density at radius 1 is 0.862 bits per heavy atom. The molecule has 2 aromatic rings. The Hall–Kier alpha value is -2.95. The van der Waals surface area contributed by atoms with E-state index >= 15 is 0 Å². The van der Waals surface area contributed by atoms with Crippen molar-refractivity contribution in [2.45, 2.75) is 32.2 Å². The van der Waals surface area contributed by atoms with E-state index in [4.69, 9.17) is 0 Å². The lowest BCUT2D eigenvalue weighted by Gasteiger charge is -2.31. The second-order valence-corrected chi connectivity index (χ2v) is 7.91. The molecule has 150 valence electrons. The number of likely N-dealkylation sites (tertiary alicyclic amines) is 2. The molecule has 2 aliphatic rings. The third-order valence-corrected chi connectivity index (χ3v) is 5.96. The number of Topliss-reactive ketones (excluding diaryl/α,β-unsaturated/α-hetero) is 1. The van der Waals surface area contributed by atoms with E-state index < -0.39 is 0 Å². The number of piperidine rings is 1. The number of nitrogens with zero attached hydrogens (tertiary/aromatic N) is 2. The number of carbonyl (C=O) groups is 3. The third kappa shape index (κ3) is 4.39. The van der Waals surface area contributed by atoms with E-state index in [1.54, 1.807) is 0 Å². The molecular weight excluding hydrogens is 364 g/mol. The van der Waals surface area contributed by atoms with Crippen LogP contribution in [0.2, 0.25) is 0 Å². The molecule has 5 heteroatoms. The van der Waals surface area contributed by atoms with Crippen LogP contribution < -0.4 is 0 Å². The van der Waals surface area contributed by atoms with Crippen LogP contribution in [0.3, 0.4) is 0 Å². The van der Waals surface area contributed by atoms with E-state index in [0.717, 1.165) is 24.1 Å². The van der Waals surface area contributed by atoms with Crippen LogP contribution in [0.15, 0.2) is 54.6 Å². The molecule has 2 amide bonds. The summed E-state index contributed by atoms with van der Waals surface area (Å²) in [5.74, 6) is 0.387. The largest absolute Gasteiger partial charge is 0.339 e. The fourth-order valence-electron chi connectivity index (χ4n) is 4.21. The lowest BCUT2D eigenvalue weighted by atomic mass is 9.88. The molecule has 0 N–H and O–H groups in total. The molecule has 29 heavy (non-hydrogen) atoms. The Morgan fingerprint density at radius 2 is 1.55 bits per heavy atom. The normalized spacial score (nSPS) is 17.6. The Morgan fingerprint density at radius 3 is 2.17 bits per heavy atom. The number of carbonyl (C=O) groups excluding carboxylic acids is 3. The minimum absolute atomic E-state index is 0.0122. The molecule has 4 rings (SSSR count). The van der Waals surface area contributed by atoms with E-state index in [0.29, 0.717) is 44.5 Å². The number of hydrogen-bond donors (Lipinski definition) is 0. The van der Waals surface area contributed by atoms with Gasteiger partial charge in [-0.3, -0.25) is 14.4 Å². The Kier molecular flexibility index (Phi) is 5.74. The summed E-state index contributed by atoms with van der Waals surface area (Å²) in [5.41, 5.74) is 2.46. The van der Waals surface area contributed by atoms with Gasteiger partial charge in [-0.15, -0.1) is 0 Å². The predicted octanol–water partition coefficient (Wildman–Crippen LogP) is 3.54. The number of amides is 2. The predicted molar refractivity (Wildman–Crippen MR) is 110 cm³/mol. The number of ketones is 1. The van der Waals surface area contributed by atoms with Crippen LogP contribution in [0.25, 0.3) is 0 Å². The Labute approximate surface area is 171 Å². The second kappa shape index (κ2) is 8.60. The molecule has 0 bridgehead atoms. The molecule has 2 aliphatic heterocycles. The molecule has 2 aromatic carbocycles. The summed E-state index contributed by atoms with van der Waals surface area (Å²) < 4.78 is 0. The van der Waals surface area contributed by atoms with E-state index in [1.807, 2.05) is 64.4 Å². The van der Waals surface area contributed by atoms with Crippen molar-refractivity contribution in [1.29, 1.82) is 0 Å². The van der Waals surface area contributed by atoms with Crippen molar-refractivity contribution in [3.8, 4) is 0 Å². The van der Waals surface area contributed by atoms with Crippen molar-refractivity contribution < 1.29 is 14.4 Å². The SMILES string of the molecule is O=C(c1ccccc1)C1CCN(C(=O)c2ccc(CN3CCCC3=O)cc2)CC1. The molecule has 2 fully saturated rings. The van der Waals surface area contributed by atoms with Crippen LogP contribution in [0, 0.1) is 5.92 Å². The van der Waals surface area contributed by atoms with Crippen LogP contribution in [0.4, 0.5) is 0 Å². The lowest BCUT2D eigenvalue weighted by Crippen LogP contribution is -2.40. The van der Waals surface area contributed by atoms with Crippen molar-refractivity contribution >= 4 is 17.6 Å². The van der Waals surface area contributed by atoms with Crippen LogP contribution >= 0.6 is 0 Å². The van der Waals surface area contributed by atoms with E-state index in [1.165, 1.54) is 0 Å². The summed E-state index contributed by atoms with van der Waals surface area (Å²) in [6, 6.07) is 17.0.